The third kappa shape index (κ3) is 4.05. The first kappa shape index (κ1) is 20.8. The van der Waals surface area contributed by atoms with Crippen molar-refractivity contribution in [2.45, 2.75) is 31.5 Å². The topological polar surface area (TPSA) is 19.0 Å². The first-order valence-electron chi connectivity index (χ1n) is 11.0. The van der Waals surface area contributed by atoms with Gasteiger partial charge in [0.05, 0.1) is 11.3 Å². The molecule has 0 spiro atoms. The molecular formula is C27H25F3N2. The van der Waals surface area contributed by atoms with Crippen molar-refractivity contribution in [2.24, 2.45) is 0 Å². The van der Waals surface area contributed by atoms with E-state index in [9.17, 15) is 13.2 Å². The zero-order chi connectivity index (χ0) is 22.1. The lowest BCUT2D eigenvalue weighted by atomic mass is 9.86. The molecule has 1 saturated heterocycles. The SMILES string of the molecule is FC(F)(F)c1ccccc1C1CCN(Cc2c(-c3ccccc3)[nH]c3ccccc23)CC1. The minimum Gasteiger partial charge on any atom is -0.354 e. The van der Waals surface area contributed by atoms with Crippen LogP contribution in [0.1, 0.15) is 35.4 Å². The fourth-order valence-corrected chi connectivity index (χ4v) is 4.95. The number of hydrogen-bond donors (Lipinski definition) is 1. The summed E-state index contributed by atoms with van der Waals surface area (Å²) in [4.78, 5) is 5.95. The highest BCUT2D eigenvalue weighted by molar-refractivity contribution is 5.90. The first-order chi connectivity index (χ1) is 15.5. The number of halogens is 3. The third-order valence-corrected chi connectivity index (χ3v) is 6.55. The van der Waals surface area contributed by atoms with Crippen LogP contribution in [0.3, 0.4) is 0 Å². The largest absolute Gasteiger partial charge is 0.416 e. The molecule has 2 nitrogen and oxygen atoms in total. The number of aromatic amines is 1. The summed E-state index contributed by atoms with van der Waals surface area (Å²) in [5.41, 5.74) is 4.58. The molecule has 0 unspecified atom stereocenters. The van der Waals surface area contributed by atoms with Crippen LogP contribution in [-0.2, 0) is 12.7 Å². The average Bonchev–Trinajstić information content (AvgIpc) is 3.18. The molecule has 0 atom stereocenters. The van der Waals surface area contributed by atoms with Gasteiger partial charge in [0.15, 0.2) is 0 Å². The Morgan fingerprint density at radius 3 is 2.22 bits per heavy atom. The molecule has 0 aliphatic carbocycles. The summed E-state index contributed by atoms with van der Waals surface area (Å²) >= 11 is 0. The van der Waals surface area contributed by atoms with E-state index in [4.69, 9.17) is 0 Å². The van der Waals surface area contributed by atoms with Gasteiger partial charge in [0.1, 0.15) is 0 Å². The molecule has 5 rings (SSSR count). The molecule has 0 radical (unpaired) electrons. The molecule has 1 aromatic heterocycles. The molecule has 3 aromatic carbocycles. The molecule has 0 amide bonds. The number of nitrogens with zero attached hydrogens (tertiary/aromatic N) is 1. The Hall–Kier alpha value is -3.05. The second kappa shape index (κ2) is 8.47. The lowest BCUT2D eigenvalue weighted by Crippen LogP contribution is -2.33. The van der Waals surface area contributed by atoms with Crippen LogP contribution in [0.4, 0.5) is 13.2 Å². The molecule has 2 heterocycles. The molecule has 1 aliphatic rings. The zero-order valence-electron chi connectivity index (χ0n) is 17.7. The minimum atomic E-state index is -4.30. The monoisotopic (exact) mass is 434 g/mol. The number of aromatic nitrogens is 1. The third-order valence-electron chi connectivity index (χ3n) is 6.55. The second-order valence-electron chi connectivity index (χ2n) is 8.53. The van der Waals surface area contributed by atoms with Gasteiger partial charge in [0, 0.05) is 17.4 Å². The lowest BCUT2D eigenvalue weighted by Gasteiger charge is -2.33. The Balaban J connectivity index is 1.38. The smallest absolute Gasteiger partial charge is 0.354 e. The van der Waals surface area contributed by atoms with Gasteiger partial charge in [-0.05, 0) is 60.7 Å². The normalized spacial score (nSPS) is 16.0. The fourth-order valence-electron chi connectivity index (χ4n) is 4.95. The van der Waals surface area contributed by atoms with E-state index in [0.717, 1.165) is 49.2 Å². The van der Waals surface area contributed by atoms with Crippen LogP contribution in [0, 0.1) is 0 Å². The quantitative estimate of drug-likeness (QED) is 0.359. The van der Waals surface area contributed by atoms with Gasteiger partial charge in [0.25, 0.3) is 0 Å². The number of benzene rings is 3. The standard InChI is InChI=1S/C27H25F3N2/c28-27(29,30)24-12-6-4-10-21(24)19-14-16-32(17-15-19)18-23-22-11-5-7-13-25(22)31-26(23)20-8-2-1-3-9-20/h1-13,19,31H,14-18H2. The number of rotatable bonds is 4. The molecule has 1 N–H and O–H groups in total. The van der Waals surface area contributed by atoms with Crippen molar-refractivity contribution in [3.05, 3.63) is 95.6 Å². The Morgan fingerprint density at radius 1 is 0.812 bits per heavy atom. The van der Waals surface area contributed by atoms with E-state index in [1.807, 2.05) is 24.3 Å². The lowest BCUT2D eigenvalue weighted by molar-refractivity contribution is -0.138. The molecule has 0 bridgehead atoms. The Labute approximate surface area is 185 Å². The predicted molar refractivity (Wildman–Crippen MR) is 122 cm³/mol. The van der Waals surface area contributed by atoms with E-state index in [-0.39, 0.29) is 5.92 Å². The summed E-state index contributed by atoms with van der Waals surface area (Å²) in [6.07, 6.45) is -2.84. The summed E-state index contributed by atoms with van der Waals surface area (Å²) < 4.78 is 40.4. The molecule has 32 heavy (non-hydrogen) atoms. The number of H-pyrrole nitrogens is 1. The maximum atomic E-state index is 13.5. The number of nitrogens with one attached hydrogen (secondary N) is 1. The first-order valence-corrected chi connectivity index (χ1v) is 11.0. The van der Waals surface area contributed by atoms with Crippen LogP contribution in [0.25, 0.3) is 22.2 Å². The highest BCUT2D eigenvalue weighted by Crippen LogP contribution is 2.39. The van der Waals surface area contributed by atoms with E-state index in [1.54, 1.807) is 12.1 Å². The zero-order valence-corrected chi connectivity index (χ0v) is 17.7. The highest BCUT2D eigenvalue weighted by atomic mass is 19.4. The molecule has 5 heteroatoms. The maximum absolute atomic E-state index is 13.5. The molecule has 4 aromatic rings. The summed E-state index contributed by atoms with van der Waals surface area (Å²) in [7, 11) is 0. The number of likely N-dealkylation sites (tertiary alicyclic amines) is 1. The van der Waals surface area contributed by atoms with E-state index >= 15 is 0 Å². The summed E-state index contributed by atoms with van der Waals surface area (Å²) in [5.74, 6) is -0.0550. The van der Waals surface area contributed by atoms with Crippen molar-refractivity contribution >= 4 is 10.9 Å². The van der Waals surface area contributed by atoms with Crippen LogP contribution < -0.4 is 0 Å². The van der Waals surface area contributed by atoms with Crippen LogP contribution in [0.15, 0.2) is 78.9 Å². The number of para-hydroxylation sites is 1. The molecule has 1 aliphatic heterocycles. The highest BCUT2D eigenvalue weighted by Gasteiger charge is 2.35. The fraction of sp³-hybridized carbons (Fsp3) is 0.259. The van der Waals surface area contributed by atoms with Crippen molar-refractivity contribution in [3.63, 3.8) is 0 Å². The summed E-state index contributed by atoms with van der Waals surface area (Å²) in [6.45, 7) is 2.34. The Bertz CT molecular complexity index is 1200. The van der Waals surface area contributed by atoms with E-state index in [2.05, 4.69) is 40.2 Å². The van der Waals surface area contributed by atoms with Crippen molar-refractivity contribution in [3.8, 4) is 11.3 Å². The van der Waals surface area contributed by atoms with Gasteiger partial charge in [-0.1, -0.05) is 66.7 Å². The van der Waals surface area contributed by atoms with Gasteiger partial charge in [0.2, 0.25) is 0 Å². The van der Waals surface area contributed by atoms with Crippen LogP contribution >= 0.6 is 0 Å². The second-order valence-corrected chi connectivity index (χ2v) is 8.53. The number of alkyl halides is 3. The average molecular weight is 435 g/mol. The number of fused-ring (bicyclic) bond motifs is 1. The van der Waals surface area contributed by atoms with Gasteiger partial charge < -0.3 is 4.98 Å². The van der Waals surface area contributed by atoms with Crippen LogP contribution in [-0.4, -0.2) is 23.0 Å². The molecular weight excluding hydrogens is 409 g/mol. The van der Waals surface area contributed by atoms with Crippen molar-refractivity contribution < 1.29 is 13.2 Å². The summed E-state index contributed by atoms with van der Waals surface area (Å²) in [6, 6.07) is 24.6. The van der Waals surface area contributed by atoms with Crippen LogP contribution in [0.5, 0.6) is 0 Å². The van der Waals surface area contributed by atoms with Crippen LogP contribution in [0.2, 0.25) is 0 Å². The van der Waals surface area contributed by atoms with Gasteiger partial charge in [-0.3, -0.25) is 4.90 Å². The summed E-state index contributed by atoms with van der Waals surface area (Å²) in [5, 5.41) is 1.20. The van der Waals surface area contributed by atoms with Gasteiger partial charge in [-0.15, -0.1) is 0 Å². The minimum absolute atomic E-state index is 0.0550. The van der Waals surface area contributed by atoms with E-state index in [1.165, 1.54) is 23.1 Å². The van der Waals surface area contributed by atoms with Crippen molar-refractivity contribution in [1.82, 2.24) is 9.88 Å². The van der Waals surface area contributed by atoms with Crippen molar-refractivity contribution in [2.75, 3.05) is 13.1 Å². The Kier molecular flexibility index (Phi) is 5.51. The predicted octanol–water partition coefficient (Wildman–Crippen LogP) is 7.23. The number of hydrogen-bond acceptors (Lipinski definition) is 1. The van der Waals surface area contributed by atoms with Crippen molar-refractivity contribution in [1.29, 1.82) is 0 Å². The Morgan fingerprint density at radius 2 is 1.47 bits per heavy atom. The van der Waals surface area contributed by atoms with E-state index < -0.39 is 11.7 Å². The number of piperidine rings is 1. The van der Waals surface area contributed by atoms with Gasteiger partial charge in [-0.2, -0.15) is 13.2 Å². The molecule has 0 saturated carbocycles. The van der Waals surface area contributed by atoms with E-state index in [0.29, 0.717) is 5.56 Å². The molecule has 1 fully saturated rings. The molecule has 164 valence electrons. The van der Waals surface area contributed by atoms with Gasteiger partial charge in [-0.25, -0.2) is 0 Å². The van der Waals surface area contributed by atoms with Gasteiger partial charge >= 0.3 is 6.18 Å². The maximum Gasteiger partial charge on any atom is 0.416 e.